The van der Waals surface area contributed by atoms with E-state index in [1.807, 2.05) is 25.1 Å². The molecule has 9 heteroatoms. The van der Waals surface area contributed by atoms with Gasteiger partial charge in [-0.05, 0) is 61.5 Å². The van der Waals surface area contributed by atoms with E-state index in [2.05, 4.69) is 10.3 Å². The van der Waals surface area contributed by atoms with Gasteiger partial charge in [0, 0.05) is 12.6 Å². The molecule has 0 aliphatic heterocycles. The monoisotopic (exact) mass is 467 g/mol. The maximum absolute atomic E-state index is 12.9. The Balaban J connectivity index is 1.50. The standard InChI is InChI=1S/C23H21N3O4S2/c1-15-4-11-19(12-5-15)32(28,29)26(2)17-8-6-16(7-9-17)22(27)25-23-24-20-13-10-18(30-3)14-21(20)31-23/h4-14H,1-3H3,(H,24,25,27). The number of methoxy groups -OCH3 is 1. The molecular formula is C23H21N3O4S2. The molecule has 1 amide bonds. The van der Waals surface area contributed by atoms with Crippen LogP contribution in [0.4, 0.5) is 10.8 Å². The Bertz CT molecular complexity index is 1380. The molecule has 32 heavy (non-hydrogen) atoms. The van der Waals surface area contributed by atoms with Crippen LogP contribution in [0.3, 0.4) is 0 Å². The van der Waals surface area contributed by atoms with Gasteiger partial charge in [0.05, 0.1) is 27.9 Å². The van der Waals surface area contributed by atoms with E-state index in [0.29, 0.717) is 16.4 Å². The number of aryl methyl sites for hydroxylation is 1. The van der Waals surface area contributed by atoms with Gasteiger partial charge in [-0.1, -0.05) is 29.0 Å². The number of carbonyl (C=O) groups is 1. The summed E-state index contributed by atoms with van der Waals surface area (Å²) in [5.74, 6) is 0.394. The Hall–Kier alpha value is -3.43. The van der Waals surface area contributed by atoms with Crippen LogP contribution in [0.15, 0.2) is 71.6 Å². The second kappa shape index (κ2) is 8.60. The zero-order valence-electron chi connectivity index (χ0n) is 17.7. The number of thiazole rings is 1. The van der Waals surface area contributed by atoms with E-state index in [0.717, 1.165) is 21.5 Å². The minimum Gasteiger partial charge on any atom is -0.497 e. The lowest BCUT2D eigenvalue weighted by Crippen LogP contribution is -2.26. The molecule has 3 aromatic carbocycles. The van der Waals surface area contributed by atoms with Gasteiger partial charge >= 0.3 is 0 Å². The molecule has 0 aliphatic rings. The van der Waals surface area contributed by atoms with Gasteiger partial charge in [-0.3, -0.25) is 14.4 Å². The Morgan fingerprint density at radius 3 is 2.38 bits per heavy atom. The second-order valence-electron chi connectivity index (χ2n) is 7.14. The quantitative estimate of drug-likeness (QED) is 0.444. The number of sulfonamides is 1. The van der Waals surface area contributed by atoms with Crippen LogP contribution in [-0.2, 0) is 10.0 Å². The Morgan fingerprint density at radius 1 is 1.03 bits per heavy atom. The second-order valence-corrected chi connectivity index (χ2v) is 10.1. The van der Waals surface area contributed by atoms with Crippen molar-refractivity contribution in [3.8, 4) is 5.75 Å². The predicted molar refractivity (Wildman–Crippen MR) is 127 cm³/mol. The highest BCUT2D eigenvalue weighted by atomic mass is 32.2. The van der Waals surface area contributed by atoms with Gasteiger partial charge in [0.2, 0.25) is 0 Å². The summed E-state index contributed by atoms with van der Waals surface area (Å²) in [6, 6.07) is 18.6. The lowest BCUT2D eigenvalue weighted by molar-refractivity contribution is 0.102. The lowest BCUT2D eigenvalue weighted by atomic mass is 10.2. The maximum Gasteiger partial charge on any atom is 0.264 e. The van der Waals surface area contributed by atoms with E-state index < -0.39 is 10.0 Å². The van der Waals surface area contributed by atoms with Crippen molar-refractivity contribution in [3.05, 3.63) is 77.9 Å². The number of fused-ring (bicyclic) bond motifs is 1. The van der Waals surface area contributed by atoms with Crippen LogP contribution in [0.25, 0.3) is 10.2 Å². The smallest absolute Gasteiger partial charge is 0.264 e. The highest BCUT2D eigenvalue weighted by Crippen LogP contribution is 2.29. The van der Waals surface area contributed by atoms with Crippen molar-refractivity contribution in [1.82, 2.24) is 4.98 Å². The number of nitrogens with zero attached hydrogens (tertiary/aromatic N) is 2. The highest BCUT2D eigenvalue weighted by Gasteiger charge is 2.21. The van der Waals surface area contributed by atoms with E-state index in [1.54, 1.807) is 55.6 Å². The SMILES string of the molecule is COc1ccc2nc(NC(=O)c3ccc(N(C)S(=O)(=O)c4ccc(C)cc4)cc3)sc2c1. The van der Waals surface area contributed by atoms with Crippen molar-refractivity contribution >= 4 is 48.3 Å². The summed E-state index contributed by atoms with van der Waals surface area (Å²) in [6.07, 6.45) is 0. The van der Waals surface area contributed by atoms with Crippen LogP contribution in [0, 0.1) is 6.92 Å². The minimum atomic E-state index is -3.70. The molecule has 7 nitrogen and oxygen atoms in total. The van der Waals surface area contributed by atoms with Gasteiger partial charge in [-0.25, -0.2) is 13.4 Å². The number of carbonyl (C=O) groups excluding carboxylic acids is 1. The largest absolute Gasteiger partial charge is 0.497 e. The van der Waals surface area contributed by atoms with Crippen LogP contribution in [0.1, 0.15) is 15.9 Å². The molecular weight excluding hydrogens is 446 g/mol. The number of hydrogen-bond acceptors (Lipinski definition) is 6. The number of rotatable bonds is 6. The molecule has 0 saturated heterocycles. The van der Waals surface area contributed by atoms with Crippen molar-refractivity contribution in [1.29, 1.82) is 0 Å². The van der Waals surface area contributed by atoms with Crippen molar-refractivity contribution < 1.29 is 17.9 Å². The number of benzene rings is 3. The molecule has 0 unspecified atom stereocenters. The molecule has 1 N–H and O–H groups in total. The molecule has 0 saturated carbocycles. The Kier molecular flexibility index (Phi) is 5.86. The topological polar surface area (TPSA) is 88.6 Å². The Labute approximate surface area is 190 Å². The Morgan fingerprint density at radius 2 is 1.72 bits per heavy atom. The summed E-state index contributed by atoms with van der Waals surface area (Å²) in [5, 5.41) is 3.26. The number of amides is 1. The normalized spacial score (nSPS) is 11.3. The first-order valence-corrected chi connectivity index (χ1v) is 12.0. The number of ether oxygens (including phenoxy) is 1. The van der Waals surface area contributed by atoms with E-state index in [4.69, 9.17) is 4.74 Å². The van der Waals surface area contributed by atoms with Crippen LogP contribution < -0.4 is 14.4 Å². The van der Waals surface area contributed by atoms with Gasteiger partial charge in [0.15, 0.2) is 5.13 Å². The average molecular weight is 468 g/mol. The van der Waals surface area contributed by atoms with Crippen LogP contribution in [-0.4, -0.2) is 33.5 Å². The van der Waals surface area contributed by atoms with Crippen molar-refractivity contribution in [3.63, 3.8) is 0 Å². The number of hydrogen-bond donors (Lipinski definition) is 1. The molecule has 0 spiro atoms. The van der Waals surface area contributed by atoms with Gasteiger partial charge in [0.1, 0.15) is 5.75 Å². The summed E-state index contributed by atoms with van der Waals surface area (Å²) < 4.78 is 33.0. The first-order valence-electron chi connectivity index (χ1n) is 9.69. The number of anilines is 2. The number of nitrogens with one attached hydrogen (secondary N) is 1. The van der Waals surface area contributed by atoms with E-state index in [9.17, 15) is 13.2 Å². The van der Waals surface area contributed by atoms with Gasteiger partial charge in [0.25, 0.3) is 15.9 Å². The minimum absolute atomic E-state index is 0.208. The number of aromatic nitrogens is 1. The molecule has 1 aromatic heterocycles. The first kappa shape index (κ1) is 21.8. The molecule has 1 heterocycles. The van der Waals surface area contributed by atoms with Crippen LogP contribution in [0.2, 0.25) is 0 Å². The third-order valence-corrected chi connectivity index (χ3v) is 7.72. The lowest BCUT2D eigenvalue weighted by Gasteiger charge is -2.20. The summed E-state index contributed by atoms with van der Waals surface area (Å²) in [5.41, 5.74) is 2.60. The molecule has 0 fully saturated rings. The van der Waals surface area contributed by atoms with Crippen molar-refractivity contribution in [2.75, 3.05) is 23.8 Å². The molecule has 164 valence electrons. The molecule has 0 bridgehead atoms. The van der Waals surface area contributed by atoms with E-state index >= 15 is 0 Å². The summed E-state index contributed by atoms with van der Waals surface area (Å²) >= 11 is 1.35. The first-order chi connectivity index (χ1) is 15.3. The summed E-state index contributed by atoms with van der Waals surface area (Å²) in [6.45, 7) is 1.90. The fraction of sp³-hybridized carbons (Fsp3) is 0.130. The molecule has 4 aromatic rings. The van der Waals surface area contributed by atoms with E-state index in [1.165, 1.54) is 22.7 Å². The average Bonchev–Trinajstić information content (AvgIpc) is 3.20. The van der Waals surface area contributed by atoms with Gasteiger partial charge in [-0.15, -0.1) is 0 Å². The predicted octanol–water partition coefficient (Wildman–Crippen LogP) is 4.69. The molecule has 0 aliphatic carbocycles. The summed E-state index contributed by atoms with van der Waals surface area (Å²) in [4.78, 5) is 17.3. The third kappa shape index (κ3) is 4.30. The highest BCUT2D eigenvalue weighted by molar-refractivity contribution is 7.92. The molecule has 0 radical (unpaired) electrons. The maximum atomic E-state index is 12.9. The third-order valence-electron chi connectivity index (χ3n) is 4.99. The van der Waals surface area contributed by atoms with Gasteiger partial charge < -0.3 is 4.74 Å². The van der Waals surface area contributed by atoms with Crippen LogP contribution in [0.5, 0.6) is 5.75 Å². The van der Waals surface area contributed by atoms with Crippen LogP contribution >= 0.6 is 11.3 Å². The summed E-state index contributed by atoms with van der Waals surface area (Å²) in [7, 11) is -0.616. The fourth-order valence-electron chi connectivity index (χ4n) is 3.08. The molecule has 4 rings (SSSR count). The molecule has 0 atom stereocenters. The zero-order chi connectivity index (χ0) is 22.9. The fourth-order valence-corrected chi connectivity index (χ4v) is 5.17. The van der Waals surface area contributed by atoms with Crippen molar-refractivity contribution in [2.24, 2.45) is 0 Å². The zero-order valence-corrected chi connectivity index (χ0v) is 19.3. The van der Waals surface area contributed by atoms with E-state index in [-0.39, 0.29) is 10.8 Å². The van der Waals surface area contributed by atoms with Crippen molar-refractivity contribution in [2.45, 2.75) is 11.8 Å². The van der Waals surface area contributed by atoms with Gasteiger partial charge in [-0.2, -0.15) is 0 Å².